The highest BCUT2D eigenvalue weighted by molar-refractivity contribution is 5.94. The molecule has 0 aliphatic carbocycles. The number of rotatable bonds is 14. The minimum Gasteiger partial charge on any atom is -0.508 e. The van der Waals surface area contributed by atoms with Crippen molar-refractivity contribution in [1.29, 1.82) is 0 Å². The molecule has 6 N–H and O–H groups in total. The van der Waals surface area contributed by atoms with Crippen LogP contribution in [0.25, 0.3) is 0 Å². The summed E-state index contributed by atoms with van der Waals surface area (Å²) in [7, 11) is 1.44. The second kappa shape index (κ2) is 16.4. The van der Waals surface area contributed by atoms with Crippen LogP contribution in [0.4, 0.5) is 4.79 Å². The number of H-pyrrole nitrogens is 1. The molecule has 3 atom stereocenters. The number of aromatic hydroxyl groups is 1. The summed E-state index contributed by atoms with van der Waals surface area (Å²) < 4.78 is 5.36. The van der Waals surface area contributed by atoms with Gasteiger partial charge in [0.2, 0.25) is 11.8 Å². The smallest absolute Gasteiger partial charge is 0.408 e. The van der Waals surface area contributed by atoms with E-state index < -0.39 is 41.9 Å². The molecule has 0 bridgehead atoms. The number of alkyl carbamates (subject to hydrolysis) is 1. The predicted octanol–water partition coefficient (Wildman–Crippen LogP) is 2.26. The minimum atomic E-state index is -1.21. The zero-order valence-corrected chi connectivity index (χ0v) is 25.1. The standard InChI is InChI=1S/C33H36N6O7/c1-39(32(43)28(18-25-19-34-21-35-25)37-33(44)46-20-24-10-6-3-7-11-24)29(17-22-8-4-2-5-9-22)31(42)36-27(30(41)38-45)16-23-12-14-26(40)15-13-23/h2-15,19,21,27-29,40,45H,16-18,20H2,1H3,(H,34,35)(H,36,42)(H,37,44)(H,38,41)/t27-,28+,29+/m1/s1. The molecule has 0 aliphatic rings. The van der Waals surface area contributed by atoms with Crippen LogP contribution in [0.3, 0.4) is 0 Å². The van der Waals surface area contributed by atoms with Crippen LogP contribution in [-0.4, -0.2) is 74.2 Å². The average Bonchev–Trinajstić information content (AvgIpc) is 3.59. The van der Waals surface area contributed by atoms with Gasteiger partial charge >= 0.3 is 6.09 Å². The number of hydrogen-bond donors (Lipinski definition) is 6. The molecule has 0 fully saturated rings. The van der Waals surface area contributed by atoms with Gasteiger partial charge in [-0.05, 0) is 28.8 Å². The number of benzene rings is 3. The number of hydrogen-bond acceptors (Lipinski definition) is 8. The average molecular weight is 629 g/mol. The summed E-state index contributed by atoms with van der Waals surface area (Å²) in [5.41, 5.74) is 4.25. The van der Waals surface area contributed by atoms with Crippen LogP contribution in [0.1, 0.15) is 22.4 Å². The molecule has 4 aromatic rings. The van der Waals surface area contributed by atoms with Crippen LogP contribution in [-0.2, 0) is 45.0 Å². The van der Waals surface area contributed by atoms with Gasteiger partial charge in [0, 0.05) is 38.2 Å². The van der Waals surface area contributed by atoms with E-state index in [-0.39, 0.29) is 31.6 Å². The molecule has 1 heterocycles. The summed E-state index contributed by atoms with van der Waals surface area (Å²) in [5, 5.41) is 24.3. The Morgan fingerprint density at radius 3 is 2.04 bits per heavy atom. The Kier molecular flexibility index (Phi) is 11.8. The lowest BCUT2D eigenvalue weighted by Crippen LogP contribution is -2.58. The first-order valence-corrected chi connectivity index (χ1v) is 14.5. The lowest BCUT2D eigenvalue weighted by Gasteiger charge is -2.32. The quantitative estimate of drug-likeness (QED) is 0.0907. The number of imidazole rings is 1. The minimum absolute atomic E-state index is 0.00854. The third-order valence-electron chi connectivity index (χ3n) is 7.29. The summed E-state index contributed by atoms with van der Waals surface area (Å²) in [4.78, 5) is 61.4. The molecule has 4 amide bonds. The maximum Gasteiger partial charge on any atom is 0.408 e. The molecular weight excluding hydrogens is 592 g/mol. The fourth-order valence-corrected chi connectivity index (χ4v) is 4.79. The number of phenolic OH excluding ortho intramolecular Hbond substituents is 1. The number of carbonyl (C=O) groups is 4. The van der Waals surface area contributed by atoms with Gasteiger partial charge in [-0.15, -0.1) is 0 Å². The Hall–Kier alpha value is -5.69. The van der Waals surface area contributed by atoms with E-state index in [1.807, 2.05) is 24.3 Å². The lowest BCUT2D eigenvalue weighted by atomic mass is 10.0. The number of likely N-dealkylation sites (N-methyl/N-ethyl adjacent to an activating group) is 1. The van der Waals surface area contributed by atoms with E-state index in [1.165, 1.54) is 36.6 Å². The number of nitrogens with zero attached hydrogens (tertiary/aromatic N) is 2. The normalized spacial score (nSPS) is 12.7. The van der Waals surface area contributed by atoms with Gasteiger partial charge in [0.25, 0.3) is 5.91 Å². The Morgan fingerprint density at radius 1 is 0.804 bits per heavy atom. The molecule has 13 heteroatoms. The van der Waals surface area contributed by atoms with Crippen molar-refractivity contribution in [3.8, 4) is 5.75 Å². The van der Waals surface area contributed by atoms with E-state index in [4.69, 9.17) is 4.74 Å². The molecule has 1 aromatic heterocycles. The number of aromatic amines is 1. The first-order chi connectivity index (χ1) is 22.2. The molecule has 0 radical (unpaired) electrons. The molecular formula is C33H36N6O7. The van der Waals surface area contributed by atoms with E-state index in [0.717, 1.165) is 11.1 Å². The number of ether oxygens (including phenoxy) is 1. The fourth-order valence-electron chi connectivity index (χ4n) is 4.79. The Bertz CT molecular complexity index is 1570. The first kappa shape index (κ1) is 33.2. The van der Waals surface area contributed by atoms with Crippen molar-refractivity contribution in [1.82, 2.24) is 31.0 Å². The second-order valence-corrected chi connectivity index (χ2v) is 10.6. The zero-order chi connectivity index (χ0) is 32.9. The molecule has 13 nitrogen and oxygen atoms in total. The lowest BCUT2D eigenvalue weighted by molar-refractivity contribution is -0.142. The summed E-state index contributed by atoms with van der Waals surface area (Å²) in [6.07, 6.45) is 2.24. The molecule has 4 rings (SSSR count). The van der Waals surface area contributed by atoms with Crippen LogP contribution in [0.15, 0.2) is 97.5 Å². The van der Waals surface area contributed by atoms with Gasteiger partial charge < -0.3 is 30.4 Å². The number of hydroxylamine groups is 1. The monoisotopic (exact) mass is 628 g/mol. The highest BCUT2D eigenvalue weighted by Crippen LogP contribution is 2.15. The van der Waals surface area contributed by atoms with Crippen molar-refractivity contribution in [3.05, 3.63) is 120 Å². The molecule has 0 saturated heterocycles. The zero-order valence-electron chi connectivity index (χ0n) is 25.1. The molecule has 240 valence electrons. The Labute approximate surface area is 265 Å². The van der Waals surface area contributed by atoms with Crippen molar-refractivity contribution in [3.63, 3.8) is 0 Å². The third-order valence-corrected chi connectivity index (χ3v) is 7.29. The fraction of sp³-hybridized carbons (Fsp3) is 0.242. The van der Waals surface area contributed by atoms with Crippen LogP contribution in [0.2, 0.25) is 0 Å². The Morgan fingerprint density at radius 2 is 1.43 bits per heavy atom. The van der Waals surface area contributed by atoms with E-state index >= 15 is 0 Å². The van der Waals surface area contributed by atoms with Gasteiger partial charge in [0.15, 0.2) is 0 Å². The van der Waals surface area contributed by atoms with Crippen molar-refractivity contribution in [2.45, 2.75) is 44.0 Å². The van der Waals surface area contributed by atoms with Crippen LogP contribution in [0.5, 0.6) is 5.75 Å². The van der Waals surface area contributed by atoms with Crippen molar-refractivity contribution < 1.29 is 34.2 Å². The number of aromatic nitrogens is 2. The SMILES string of the molecule is CN(C(=O)[C@H](Cc1cnc[nH]1)NC(=O)OCc1ccccc1)[C@@H](Cc1ccccc1)C(=O)N[C@H](Cc1ccc(O)cc1)C(=O)NO. The summed E-state index contributed by atoms with van der Waals surface area (Å²) >= 11 is 0. The highest BCUT2D eigenvalue weighted by Gasteiger charge is 2.35. The van der Waals surface area contributed by atoms with Gasteiger partial charge in [-0.1, -0.05) is 72.8 Å². The molecule has 46 heavy (non-hydrogen) atoms. The molecule has 3 aromatic carbocycles. The van der Waals surface area contributed by atoms with E-state index in [1.54, 1.807) is 54.0 Å². The maximum absolute atomic E-state index is 14.0. The summed E-state index contributed by atoms with van der Waals surface area (Å²) in [6, 6.07) is 20.6. The topological polar surface area (TPSA) is 186 Å². The van der Waals surface area contributed by atoms with Crippen LogP contribution >= 0.6 is 0 Å². The van der Waals surface area contributed by atoms with Gasteiger partial charge in [-0.25, -0.2) is 15.3 Å². The first-order valence-electron chi connectivity index (χ1n) is 14.5. The number of amides is 4. The second-order valence-electron chi connectivity index (χ2n) is 10.6. The number of phenols is 1. The molecule has 0 spiro atoms. The van der Waals surface area contributed by atoms with Gasteiger partial charge in [-0.2, -0.15) is 0 Å². The van der Waals surface area contributed by atoms with Gasteiger partial charge in [0.1, 0.15) is 30.5 Å². The van der Waals surface area contributed by atoms with E-state index in [0.29, 0.717) is 11.3 Å². The number of nitrogens with one attached hydrogen (secondary N) is 4. The summed E-state index contributed by atoms with van der Waals surface area (Å²) in [5.74, 6) is -2.10. The Balaban J connectivity index is 1.56. The summed E-state index contributed by atoms with van der Waals surface area (Å²) in [6.45, 7) is -0.0120. The van der Waals surface area contributed by atoms with Crippen LogP contribution < -0.4 is 16.1 Å². The van der Waals surface area contributed by atoms with E-state index in [2.05, 4.69) is 20.6 Å². The van der Waals surface area contributed by atoms with Gasteiger partial charge in [0.05, 0.1) is 6.33 Å². The van der Waals surface area contributed by atoms with Crippen molar-refractivity contribution in [2.75, 3.05) is 7.05 Å². The molecule has 0 aliphatic heterocycles. The van der Waals surface area contributed by atoms with Crippen molar-refractivity contribution >= 4 is 23.8 Å². The molecule has 0 unspecified atom stereocenters. The molecule has 0 saturated carbocycles. The van der Waals surface area contributed by atoms with Gasteiger partial charge in [-0.3, -0.25) is 19.6 Å². The van der Waals surface area contributed by atoms with E-state index in [9.17, 15) is 29.5 Å². The maximum atomic E-state index is 14.0. The largest absolute Gasteiger partial charge is 0.508 e. The predicted molar refractivity (Wildman–Crippen MR) is 166 cm³/mol. The third kappa shape index (κ3) is 9.66. The highest BCUT2D eigenvalue weighted by atomic mass is 16.5. The van der Waals surface area contributed by atoms with Crippen molar-refractivity contribution in [2.24, 2.45) is 0 Å². The number of carbonyl (C=O) groups excluding carboxylic acids is 4. The van der Waals surface area contributed by atoms with Crippen LogP contribution in [0, 0.1) is 0 Å².